The van der Waals surface area contributed by atoms with Gasteiger partial charge in [-0.3, -0.25) is 20.2 Å². The molecule has 0 aliphatic carbocycles. The van der Waals surface area contributed by atoms with Crippen molar-refractivity contribution in [2.75, 3.05) is 6.61 Å². The summed E-state index contributed by atoms with van der Waals surface area (Å²) in [5.41, 5.74) is 0.0519. The molecule has 0 atom stereocenters. The van der Waals surface area contributed by atoms with Crippen LogP contribution < -0.4 is 10.6 Å². The van der Waals surface area contributed by atoms with Crippen LogP contribution in [0.15, 0.2) is 60.7 Å². The zero-order valence-electron chi connectivity index (χ0n) is 13.5. The molecule has 6 heteroatoms. The summed E-state index contributed by atoms with van der Waals surface area (Å²) in [6.45, 7) is 0.576. The number of benzene rings is 2. The van der Waals surface area contributed by atoms with Gasteiger partial charge in [-0.05, 0) is 17.5 Å². The maximum absolute atomic E-state index is 12.6. The summed E-state index contributed by atoms with van der Waals surface area (Å²) in [5, 5.41) is 4.38. The van der Waals surface area contributed by atoms with Gasteiger partial charge in [-0.15, -0.1) is 0 Å². The van der Waals surface area contributed by atoms with E-state index in [0.29, 0.717) is 12.2 Å². The second kappa shape index (κ2) is 7.27. The Balaban J connectivity index is 1.77. The van der Waals surface area contributed by atoms with Crippen LogP contribution in [-0.2, 0) is 26.3 Å². The molecule has 1 fully saturated rings. The van der Waals surface area contributed by atoms with E-state index in [1.165, 1.54) is 0 Å². The molecule has 0 aromatic heterocycles. The summed E-state index contributed by atoms with van der Waals surface area (Å²) in [6, 6.07) is 17.5. The highest BCUT2D eigenvalue weighted by Gasteiger charge is 2.51. The molecule has 4 amide bonds. The average Bonchev–Trinajstić information content (AvgIpc) is 2.62. The predicted octanol–water partition coefficient (Wildman–Crippen LogP) is 1.90. The number of imide groups is 2. The molecule has 6 nitrogen and oxygen atoms in total. The quantitative estimate of drug-likeness (QED) is 0.622. The highest BCUT2D eigenvalue weighted by atomic mass is 16.5. The molecule has 1 aliphatic heterocycles. The molecular formula is C19H18N2O4. The van der Waals surface area contributed by atoms with Gasteiger partial charge in [0.05, 0.1) is 6.61 Å². The van der Waals surface area contributed by atoms with E-state index in [4.69, 9.17) is 4.74 Å². The lowest BCUT2D eigenvalue weighted by Gasteiger charge is -2.34. The number of carbonyl (C=O) groups excluding carboxylic acids is 3. The van der Waals surface area contributed by atoms with Crippen LogP contribution in [0.25, 0.3) is 0 Å². The standard InChI is InChI=1S/C19H18N2O4/c22-16-19(15-9-5-2-6-10-15,17(23)21-18(24)20-16)11-12-25-13-14-7-3-1-4-8-14/h1-10H,11-13H2,(H2,20,21,22,23,24). The Morgan fingerprint density at radius 1 is 0.800 bits per heavy atom. The summed E-state index contributed by atoms with van der Waals surface area (Å²) in [5.74, 6) is -1.26. The lowest BCUT2D eigenvalue weighted by Crippen LogP contribution is -2.65. The Kier molecular flexibility index (Phi) is 4.90. The Labute approximate surface area is 145 Å². The highest BCUT2D eigenvalue weighted by molar-refractivity contribution is 6.22. The smallest absolute Gasteiger partial charge is 0.328 e. The molecule has 1 saturated heterocycles. The molecule has 25 heavy (non-hydrogen) atoms. The van der Waals surface area contributed by atoms with Gasteiger partial charge in [0.15, 0.2) is 5.41 Å². The molecule has 0 saturated carbocycles. The number of hydrogen-bond donors (Lipinski definition) is 2. The van der Waals surface area contributed by atoms with Gasteiger partial charge in [0.25, 0.3) is 0 Å². The summed E-state index contributed by atoms with van der Waals surface area (Å²) in [7, 11) is 0. The summed E-state index contributed by atoms with van der Waals surface area (Å²) >= 11 is 0. The number of nitrogens with one attached hydrogen (secondary N) is 2. The van der Waals surface area contributed by atoms with Gasteiger partial charge in [0, 0.05) is 6.61 Å². The largest absolute Gasteiger partial charge is 0.377 e. The van der Waals surface area contributed by atoms with Crippen LogP contribution in [0, 0.1) is 0 Å². The van der Waals surface area contributed by atoms with E-state index in [0.717, 1.165) is 5.56 Å². The van der Waals surface area contributed by atoms with Gasteiger partial charge in [-0.25, -0.2) is 4.79 Å². The lowest BCUT2D eigenvalue weighted by atomic mass is 9.75. The van der Waals surface area contributed by atoms with Crippen molar-refractivity contribution in [2.45, 2.75) is 18.4 Å². The van der Waals surface area contributed by atoms with Crippen molar-refractivity contribution in [3.63, 3.8) is 0 Å². The van der Waals surface area contributed by atoms with E-state index in [1.54, 1.807) is 30.3 Å². The Bertz CT molecular complexity index is 755. The van der Waals surface area contributed by atoms with E-state index in [-0.39, 0.29) is 13.0 Å². The topological polar surface area (TPSA) is 84.5 Å². The van der Waals surface area contributed by atoms with Crippen molar-refractivity contribution in [1.82, 2.24) is 10.6 Å². The van der Waals surface area contributed by atoms with Crippen LogP contribution in [-0.4, -0.2) is 24.5 Å². The van der Waals surface area contributed by atoms with Gasteiger partial charge in [-0.2, -0.15) is 0 Å². The summed E-state index contributed by atoms with van der Waals surface area (Å²) < 4.78 is 5.65. The molecule has 0 bridgehead atoms. The Morgan fingerprint density at radius 2 is 1.36 bits per heavy atom. The van der Waals surface area contributed by atoms with E-state index in [9.17, 15) is 14.4 Å². The van der Waals surface area contributed by atoms with Crippen molar-refractivity contribution in [3.8, 4) is 0 Å². The monoisotopic (exact) mass is 338 g/mol. The third-order valence-corrected chi connectivity index (χ3v) is 4.23. The second-order valence-electron chi connectivity index (χ2n) is 5.80. The van der Waals surface area contributed by atoms with E-state index >= 15 is 0 Å². The lowest BCUT2D eigenvalue weighted by molar-refractivity contribution is -0.139. The summed E-state index contributed by atoms with van der Waals surface area (Å²) in [6.07, 6.45) is 0.134. The molecule has 0 unspecified atom stereocenters. The third kappa shape index (κ3) is 3.44. The molecule has 0 spiro atoms. The number of urea groups is 1. The first kappa shape index (κ1) is 16.9. The van der Waals surface area contributed by atoms with Crippen molar-refractivity contribution >= 4 is 17.8 Å². The number of hydrogen-bond acceptors (Lipinski definition) is 4. The maximum Gasteiger partial charge on any atom is 0.328 e. The zero-order chi connectivity index (χ0) is 17.7. The van der Waals surface area contributed by atoms with Crippen LogP contribution in [0.2, 0.25) is 0 Å². The van der Waals surface area contributed by atoms with Crippen molar-refractivity contribution in [2.24, 2.45) is 0 Å². The predicted molar refractivity (Wildman–Crippen MR) is 90.5 cm³/mol. The minimum atomic E-state index is -1.48. The number of rotatable bonds is 6. The molecule has 0 radical (unpaired) electrons. The van der Waals surface area contributed by atoms with Gasteiger partial charge in [0.2, 0.25) is 11.8 Å². The zero-order valence-corrected chi connectivity index (χ0v) is 13.5. The fourth-order valence-electron chi connectivity index (χ4n) is 2.90. The minimum absolute atomic E-state index is 0.134. The number of ether oxygens (including phenoxy) is 1. The minimum Gasteiger partial charge on any atom is -0.377 e. The van der Waals surface area contributed by atoms with E-state index < -0.39 is 23.3 Å². The Hall–Kier alpha value is -2.99. The molecule has 2 aromatic carbocycles. The first-order chi connectivity index (χ1) is 12.1. The van der Waals surface area contributed by atoms with Crippen molar-refractivity contribution in [1.29, 1.82) is 0 Å². The fourth-order valence-corrected chi connectivity index (χ4v) is 2.90. The van der Waals surface area contributed by atoms with Crippen LogP contribution in [0.3, 0.4) is 0 Å². The van der Waals surface area contributed by atoms with Gasteiger partial charge in [-0.1, -0.05) is 60.7 Å². The maximum atomic E-state index is 12.6. The molecule has 2 N–H and O–H groups in total. The normalized spacial score (nSPS) is 16.2. The summed E-state index contributed by atoms with van der Waals surface area (Å²) in [4.78, 5) is 36.5. The van der Waals surface area contributed by atoms with Crippen LogP contribution in [0.4, 0.5) is 4.79 Å². The van der Waals surface area contributed by atoms with E-state index in [2.05, 4.69) is 10.6 Å². The molecule has 1 heterocycles. The molecule has 128 valence electrons. The number of amides is 4. The van der Waals surface area contributed by atoms with Gasteiger partial charge >= 0.3 is 6.03 Å². The highest BCUT2D eigenvalue weighted by Crippen LogP contribution is 2.31. The third-order valence-electron chi connectivity index (χ3n) is 4.23. The second-order valence-corrected chi connectivity index (χ2v) is 5.80. The van der Waals surface area contributed by atoms with Crippen LogP contribution in [0.1, 0.15) is 17.5 Å². The van der Waals surface area contributed by atoms with Crippen LogP contribution >= 0.6 is 0 Å². The Morgan fingerprint density at radius 3 is 1.96 bits per heavy atom. The first-order valence-corrected chi connectivity index (χ1v) is 7.97. The number of carbonyl (C=O) groups is 3. The molecule has 2 aromatic rings. The molecular weight excluding hydrogens is 320 g/mol. The van der Waals surface area contributed by atoms with Crippen molar-refractivity contribution < 1.29 is 19.1 Å². The molecule has 1 aliphatic rings. The molecule has 3 rings (SSSR count). The average molecular weight is 338 g/mol. The van der Waals surface area contributed by atoms with E-state index in [1.807, 2.05) is 30.3 Å². The SMILES string of the molecule is O=C1NC(=O)C(CCOCc2ccccc2)(c2ccccc2)C(=O)N1. The van der Waals surface area contributed by atoms with Gasteiger partial charge in [0.1, 0.15) is 0 Å². The van der Waals surface area contributed by atoms with Gasteiger partial charge < -0.3 is 4.74 Å². The fraction of sp³-hybridized carbons (Fsp3) is 0.211. The number of barbiturate groups is 1. The van der Waals surface area contributed by atoms with Crippen molar-refractivity contribution in [3.05, 3.63) is 71.8 Å². The first-order valence-electron chi connectivity index (χ1n) is 7.97. The van der Waals surface area contributed by atoms with Crippen LogP contribution in [0.5, 0.6) is 0 Å².